The molecule has 0 saturated carbocycles. The summed E-state index contributed by atoms with van der Waals surface area (Å²) in [4.78, 5) is 23.2. The van der Waals surface area contributed by atoms with E-state index < -0.39 is 17.8 Å². The predicted octanol–water partition coefficient (Wildman–Crippen LogP) is 2.43. The third kappa shape index (κ3) is 3.19. The second kappa shape index (κ2) is 5.65. The molecule has 1 amide bonds. The lowest BCUT2D eigenvalue weighted by Gasteiger charge is -2.24. The number of amides is 1. The number of allylic oxidation sites excluding steroid dienone is 2. The summed E-state index contributed by atoms with van der Waals surface area (Å²) in [6.07, 6.45) is 4.36. The molecular formula is C14H14FNO3. The molecule has 2 N–H and O–H groups in total. The van der Waals surface area contributed by atoms with Gasteiger partial charge in [-0.05, 0) is 37.1 Å². The zero-order valence-electron chi connectivity index (χ0n) is 10.2. The largest absolute Gasteiger partial charge is 0.481 e. The van der Waals surface area contributed by atoms with Crippen LogP contribution in [-0.4, -0.2) is 17.0 Å². The lowest BCUT2D eigenvalue weighted by Crippen LogP contribution is -2.34. The minimum Gasteiger partial charge on any atom is -0.481 e. The van der Waals surface area contributed by atoms with Gasteiger partial charge >= 0.3 is 5.97 Å². The number of nitrogens with one attached hydrogen (secondary N) is 1. The number of carbonyl (C=O) groups excluding carboxylic acids is 1. The monoisotopic (exact) mass is 263 g/mol. The number of aliphatic carboxylic acids is 1. The fraction of sp³-hybridized carbons (Fsp3) is 0.286. The zero-order valence-corrected chi connectivity index (χ0v) is 10.2. The van der Waals surface area contributed by atoms with Crippen molar-refractivity contribution >= 4 is 17.6 Å². The summed E-state index contributed by atoms with van der Waals surface area (Å²) < 4.78 is 12.7. The quantitative estimate of drug-likeness (QED) is 0.823. The Morgan fingerprint density at radius 2 is 1.68 bits per heavy atom. The first-order valence-corrected chi connectivity index (χ1v) is 6.02. The molecule has 1 aliphatic carbocycles. The fourth-order valence-electron chi connectivity index (χ4n) is 2.15. The summed E-state index contributed by atoms with van der Waals surface area (Å²) >= 11 is 0. The van der Waals surface area contributed by atoms with Gasteiger partial charge in [-0.25, -0.2) is 4.39 Å². The zero-order chi connectivity index (χ0) is 13.8. The number of carboxylic acid groups (broad SMARTS) is 1. The average molecular weight is 263 g/mol. The average Bonchev–Trinajstić information content (AvgIpc) is 2.41. The maximum Gasteiger partial charge on any atom is 0.307 e. The molecule has 0 unspecified atom stereocenters. The van der Waals surface area contributed by atoms with E-state index in [1.807, 2.05) is 6.08 Å². The van der Waals surface area contributed by atoms with Crippen LogP contribution in [0.25, 0.3) is 0 Å². The molecule has 0 radical (unpaired) electrons. The van der Waals surface area contributed by atoms with Gasteiger partial charge in [-0.2, -0.15) is 0 Å². The van der Waals surface area contributed by atoms with Crippen LogP contribution in [0.15, 0.2) is 36.4 Å². The van der Waals surface area contributed by atoms with Gasteiger partial charge in [0.2, 0.25) is 5.91 Å². The van der Waals surface area contributed by atoms with Gasteiger partial charge in [0, 0.05) is 5.69 Å². The lowest BCUT2D eigenvalue weighted by molar-refractivity contribution is -0.146. The Morgan fingerprint density at radius 1 is 1.11 bits per heavy atom. The summed E-state index contributed by atoms with van der Waals surface area (Å²) in [5, 5.41) is 11.7. The van der Waals surface area contributed by atoms with E-state index in [1.54, 1.807) is 6.08 Å². The summed E-state index contributed by atoms with van der Waals surface area (Å²) in [6.45, 7) is 0. The van der Waals surface area contributed by atoms with Crippen molar-refractivity contribution < 1.29 is 19.1 Å². The van der Waals surface area contributed by atoms with Crippen LogP contribution in [0.3, 0.4) is 0 Å². The van der Waals surface area contributed by atoms with Crippen molar-refractivity contribution in [3.8, 4) is 0 Å². The van der Waals surface area contributed by atoms with Crippen molar-refractivity contribution in [2.45, 2.75) is 12.8 Å². The third-order valence-corrected chi connectivity index (χ3v) is 3.20. The first-order valence-electron chi connectivity index (χ1n) is 6.02. The summed E-state index contributed by atoms with van der Waals surface area (Å²) in [5.41, 5.74) is 0.463. The second-order valence-corrected chi connectivity index (χ2v) is 4.49. The van der Waals surface area contributed by atoms with Gasteiger partial charge in [-0.3, -0.25) is 9.59 Å². The molecule has 1 aromatic rings. The van der Waals surface area contributed by atoms with Crippen LogP contribution >= 0.6 is 0 Å². The number of hydrogen-bond acceptors (Lipinski definition) is 2. The van der Waals surface area contributed by atoms with E-state index in [4.69, 9.17) is 5.11 Å². The normalized spacial score (nSPS) is 21.9. The standard InChI is InChI=1S/C14H14FNO3/c15-9-5-7-10(8-6-9)16-13(17)11-3-1-2-4-12(11)14(18)19/h1-2,5-8,11-12H,3-4H2,(H,16,17)(H,18,19)/t11-,12-/m1/s1. The first-order chi connectivity index (χ1) is 9.08. The Labute approximate surface area is 109 Å². The molecular weight excluding hydrogens is 249 g/mol. The molecule has 100 valence electrons. The molecule has 2 atom stereocenters. The van der Waals surface area contributed by atoms with Gasteiger partial charge in [-0.15, -0.1) is 0 Å². The highest BCUT2D eigenvalue weighted by molar-refractivity contribution is 5.95. The Morgan fingerprint density at radius 3 is 2.26 bits per heavy atom. The van der Waals surface area contributed by atoms with Gasteiger partial charge in [0.25, 0.3) is 0 Å². The van der Waals surface area contributed by atoms with Crippen LogP contribution in [-0.2, 0) is 9.59 Å². The molecule has 19 heavy (non-hydrogen) atoms. The van der Waals surface area contributed by atoms with E-state index in [0.717, 1.165) is 0 Å². The number of anilines is 1. The first kappa shape index (κ1) is 13.3. The molecule has 1 aromatic carbocycles. The van der Waals surface area contributed by atoms with Gasteiger partial charge in [0.05, 0.1) is 11.8 Å². The SMILES string of the molecule is O=C(O)[C@@H]1CC=CC[C@H]1C(=O)Nc1ccc(F)cc1. The molecule has 0 saturated heterocycles. The van der Waals surface area contributed by atoms with Crippen molar-refractivity contribution in [1.29, 1.82) is 0 Å². The van der Waals surface area contributed by atoms with Crippen LogP contribution in [0, 0.1) is 17.7 Å². The van der Waals surface area contributed by atoms with E-state index in [9.17, 15) is 14.0 Å². The summed E-state index contributed by atoms with van der Waals surface area (Å²) in [6, 6.07) is 5.37. The highest BCUT2D eigenvalue weighted by atomic mass is 19.1. The van der Waals surface area contributed by atoms with Gasteiger partial charge < -0.3 is 10.4 Å². The topological polar surface area (TPSA) is 66.4 Å². The smallest absolute Gasteiger partial charge is 0.307 e. The van der Waals surface area contributed by atoms with E-state index in [2.05, 4.69) is 5.32 Å². The summed E-state index contributed by atoms with van der Waals surface area (Å²) in [7, 11) is 0. The number of hydrogen-bond donors (Lipinski definition) is 2. The van der Waals surface area contributed by atoms with Gasteiger partial charge in [0.1, 0.15) is 5.82 Å². The fourth-order valence-corrected chi connectivity index (χ4v) is 2.15. The van der Waals surface area contributed by atoms with Gasteiger partial charge in [-0.1, -0.05) is 12.2 Å². The molecule has 0 spiro atoms. The van der Waals surface area contributed by atoms with Crippen molar-refractivity contribution in [2.24, 2.45) is 11.8 Å². The highest BCUT2D eigenvalue weighted by Crippen LogP contribution is 2.27. The van der Waals surface area contributed by atoms with E-state index in [1.165, 1.54) is 24.3 Å². The van der Waals surface area contributed by atoms with Crippen molar-refractivity contribution in [3.63, 3.8) is 0 Å². The number of benzene rings is 1. The van der Waals surface area contributed by atoms with Crippen LogP contribution < -0.4 is 5.32 Å². The highest BCUT2D eigenvalue weighted by Gasteiger charge is 2.33. The second-order valence-electron chi connectivity index (χ2n) is 4.49. The summed E-state index contributed by atoms with van der Waals surface area (Å²) in [5.74, 6) is -2.99. The van der Waals surface area contributed by atoms with Crippen LogP contribution in [0.2, 0.25) is 0 Å². The Balaban J connectivity index is 2.08. The molecule has 0 heterocycles. The molecule has 5 heteroatoms. The van der Waals surface area contributed by atoms with Crippen molar-refractivity contribution in [3.05, 3.63) is 42.2 Å². The third-order valence-electron chi connectivity index (χ3n) is 3.20. The molecule has 0 bridgehead atoms. The minimum atomic E-state index is -0.969. The van der Waals surface area contributed by atoms with Crippen molar-refractivity contribution in [1.82, 2.24) is 0 Å². The molecule has 0 aromatic heterocycles. The van der Waals surface area contributed by atoms with Gasteiger partial charge in [0.15, 0.2) is 0 Å². The predicted molar refractivity (Wildman–Crippen MR) is 68.0 cm³/mol. The molecule has 0 aliphatic heterocycles. The van der Waals surface area contributed by atoms with E-state index in [0.29, 0.717) is 18.5 Å². The van der Waals surface area contributed by atoms with Crippen LogP contribution in [0.5, 0.6) is 0 Å². The number of carbonyl (C=O) groups is 2. The molecule has 1 aliphatic rings. The van der Waals surface area contributed by atoms with Crippen molar-refractivity contribution in [2.75, 3.05) is 5.32 Å². The maximum absolute atomic E-state index is 12.7. The number of halogens is 1. The molecule has 0 fully saturated rings. The maximum atomic E-state index is 12.7. The van der Waals surface area contributed by atoms with Crippen LogP contribution in [0.1, 0.15) is 12.8 Å². The Bertz CT molecular complexity index is 510. The van der Waals surface area contributed by atoms with E-state index >= 15 is 0 Å². The van der Waals surface area contributed by atoms with E-state index in [-0.39, 0.29) is 11.7 Å². The van der Waals surface area contributed by atoms with Crippen LogP contribution in [0.4, 0.5) is 10.1 Å². The Hall–Kier alpha value is -2.17. The Kier molecular flexibility index (Phi) is 3.94. The minimum absolute atomic E-state index is 0.344. The number of rotatable bonds is 3. The lowest BCUT2D eigenvalue weighted by atomic mass is 9.82. The molecule has 4 nitrogen and oxygen atoms in total. The number of carboxylic acids is 1. The molecule has 2 rings (SSSR count).